The van der Waals surface area contributed by atoms with Gasteiger partial charge in [0.05, 0.1) is 37.7 Å². The molecular weight excluding hydrogens is 411 g/mol. The predicted octanol–water partition coefficient (Wildman–Crippen LogP) is 3.84. The third-order valence-corrected chi connectivity index (χ3v) is 7.47. The van der Waals surface area contributed by atoms with Crippen LogP contribution < -0.4 is 10.2 Å². The van der Waals surface area contributed by atoms with Crippen LogP contribution in [0.4, 0.5) is 10.1 Å². The maximum Gasteiger partial charge on any atom is 0.222 e. The lowest BCUT2D eigenvalue weighted by atomic mass is 9.66. The van der Waals surface area contributed by atoms with Crippen LogP contribution in [0.2, 0.25) is 0 Å². The van der Waals surface area contributed by atoms with Gasteiger partial charge in [-0.15, -0.1) is 0 Å². The number of nitrogens with zero attached hydrogens (tertiary/aromatic N) is 1. The molecule has 4 rings (SSSR count). The van der Waals surface area contributed by atoms with E-state index < -0.39 is 5.54 Å². The van der Waals surface area contributed by atoms with E-state index in [4.69, 9.17) is 14.2 Å². The summed E-state index contributed by atoms with van der Waals surface area (Å²) in [5, 5.41) is 3.31. The number of ether oxygens (including phenoxy) is 3. The number of carbonyl (C=O) groups is 1. The van der Waals surface area contributed by atoms with Crippen LogP contribution in [0.5, 0.6) is 0 Å². The van der Waals surface area contributed by atoms with Gasteiger partial charge in [-0.1, -0.05) is 19.4 Å². The topological polar surface area (TPSA) is 60.0 Å². The maximum atomic E-state index is 15.1. The Balaban J connectivity index is 1.55. The van der Waals surface area contributed by atoms with Gasteiger partial charge in [-0.3, -0.25) is 4.79 Å². The lowest BCUT2D eigenvalue weighted by Crippen LogP contribution is -2.60. The van der Waals surface area contributed by atoms with Crippen molar-refractivity contribution in [1.29, 1.82) is 0 Å². The van der Waals surface area contributed by atoms with Crippen molar-refractivity contribution in [2.45, 2.75) is 63.7 Å². The minimum atomic E-state index is -0.391. The van der Waals surface area contributed by atoms with Crippen molar-refractivity contribution >= 4 is 11.6 Å². The number of halogens is 1. The number of fused-ring (bicyclic) bond motifs is 1. The molecule has 32 heavy (non-hydrogen) atoms. The molecule has 2 aliphatic heterocycles. The molecule has 1 aromatic carbocycles. The number of methoxy groups -OCH3 is 1. The minimum absolute atomic E-state index is 0.00113. The molecule has 0 bridgehead atoms. The van der Waals surface area contributed by atoms with E-state index in [1.165, 1.54) is 0 Å². The van der Waals surface area contributed by atoms with Gasteiger partial charge in [0.15, 0.2) is 0 Å². The molecule has 1 aromatic rings. The first-order chi connectivity index (χ1) is 15.4. The highest BCUT2D eigenvalue weighted by Crippen LogP contribution is 2.48. The second-order valence-corrected chi connectivity index (χ2v) is 9.91. The van der Waals surface area contributed by atoms with Crippen molar-refractivity contribution < 1.29 is 23.4 Å². The van der Waals surface area contributed by atoms with E-state index in [0.29, 0.717) is 57.4 Å². The zero-order valence-electron chi connectivity index (χ0n) is 19.6. The van der Waals surface area contributed by atoms with Gasteiger partial charge in [0.1, 0.15) is 5.82 Å². The van der Waals surface area contributed by atoms with Crippen molar-refractivity contribution in [3.8, 4) is 0 Å². The van der Waals surface area contributed by atoms with Crippen LogP contribution in [-0.2, 0) is 19.0 Å². The van der Waals surface area contributed by atoms with Gasteiger partial charge in [-0.05, 0) is 43.4 Å². The second kappa shape index (κ2) is 10.1. The minimum Gasteiger partial charge on any atom is -0.384 e. The van der Waals surface area contributed by atoms with Crippen molar-refractivity contribution in [3.05, 3.63) is 29.6 Å². The Morgan fingerprint density at radius 2 is 2.09 bits per heavy atom. The Bertz CT molecular complexity index is 800. The highest BCUT2D eigenvalue weighted by Gasteiger charge is 2.49. The Morgan fingerprint density at radius 1 is 1.31 bits per heavy atom. The number of nitrogens with one attached hydrogen (secondary N) is 1. The zero-order valence-corrected chi connectivity index (χ0v) is 19.6. The van der Waals surface area contributed by atoms with E-state index in [2.05, 4.69) is 19.2 Å². The van der Waals surface area contributed by atoms with E-state index >= 15 is 4.39 Å². The number of benzene rings is 1. The van der Waals surface area contributed by atoms with Gasteiger partial charge >= 0.3 is 0 Å². The van der Waals surface area contributed by atoms with Gasteiger partial charge in [-0.25, -0.2) is 4.39 Å². The zero-order chi connectivity index (χ0) is 22.7. The Morgan fingerprint density at radius 3 is 2.81 bits per heavy atom. The lowest BCUT2D eigenvalue weighted by molar-refractivity contribution is -0.154. The summed E-state index contributed by atoms with van der Waals surface area (Å²) in [5.41, 5.74) is 1.07. The number of morpholine rings is 1. The summed E-state index contributed by atoms with van der Waals surface area (Å²) in [5.74, 6) is 0.627. The van der Waals surface area contributed by atoms with Crippen molar-refractivity contribution in [2.75, 3.05) is 44.9 Å². The highest BCUT2D eigenvalue weighted by atomic mass is 19.1. The molecule has 2 heterocycles. The van der Waals surface area contributed by atoms with E-state index in [9.17, 15) is 4.79 Å². The van der Waals surface area contributed by atoms with E-state index in [-0.39, 0.29) is 29.9 Å². The van der Waals surface area contributed by atoms with Crippen LogP contribution in [0.1, 0.15) is 57.6 Å². The molecule has 3 fully saturated rings. The molecule has 1 N–H and O–H groups in total. The Kier molecular flexibility index (Phi) is 7.37. The SMILES string of the molecule is COCCC(=O)N[C@@]1(C)C[C@H](c2ccc(N3CCOCC3)c(F)c2)O[C@@H]2C[C@H](C)CC[C@H]21. The number of hydrogen-bond donors (Lipinski definition) is 1. The Labute approximate surface area is 190 Å². The molecule has 0 unspecified atom stereocenters. The van der Waals surface area contributed by atoms with Gasteiger partial charge in [-0.2, -0.15) is 0 Å². The number of carbonyl (C=O) groups excluding carboxylic acids is 1. The van der Waals surface area contributed by atoms with Crippen LogP contribution in [0.25, 0.3) is 0 Å². The quantitative estimate of drug-likeness (QED) is 0.717. The standard InChI is InChI=1S/C25H37FN2O4/c1-17-4-6-19-22(14-17)32-23(16-25(19,2)27-24(29)8-11-30-3)18-5-7-21(20(26)15-18)28-9-12-31-13-10-28/h5,7,15,17,19,22-23H,4,6,8-14,16H2,1-3H3,(H,27,29)/t17-,19-,22-,23-,25+/m1/s1. The third kappa shape index (κ3) is 5.10. The Hall–Kier alpha value is -1.70. The smallest absolute Gasteiger partial charge is 0.222 e. The molecule has 3 aliphatic rings. The molecular formula is C25H37FN2O4. The van der Waals surface area contributed by atoms with Gasteiger partial charge in [0, 0.05) is 44.5 Å². The monoisotopic (exact) mass is 448 g/mol. The largest absolute Gasteiger partial charge is 0.384 e. The predicted molar refractivity (Wildman–Crippen MR) is 121 cm³/mol. The molecule has 1 amide bonds. The summed E-state index contributed by atoms with van der Waals surface area (Å²) >= 11 is 0. The molecule has 0 spiro atoms. The normalized spacial score (nSPS) is 32.9. The molecule has 0 radical (unpaired) electrons. The molecule has 5 atom stereocenters. The fourth-order valence-electron chi connectivity index (χ4n) is 5.70. The molecule has 7 heteroatoms. The first-order valence-corrected chi connectivity index (χ1v) is 12.0. The molecule has 6 nitrogen and oxygen atoms in total. The summed E-state index contributed by atoms with van der Waals surface area (Å²) < 4.78 is 32.1. The lowest BCUT2D eigenvalue weighted by Gasteiger charge is -2.52. The van der Waals surface area contributed by atoms with Crippen molar-refractivity contribution in [2.24, 2.45) is 11.8 Å². The van der Waals surface area contributed by atoms with Crippen LogP contribution in [0.15, 0.2) is 18.2 Å². The first-order valence-electron chi connectivity index (χ1n) is 12.0. The van der Waals surface area contributed by atoms with Crippen LogP contribution in [0.3, 0.4) is 0 Å². The number of hydrogen-bond acceptors (Lipinski definition) is 5. The van der Waals surface area contributed by atoms with Crippen molar-refractivity contribution in [3.63, 3.8) is 0 Å². The van der Waals surface area contributed by atoms with Crippen LogP contribution >= 0.6 is 0 Å². The van der Waals surface area contributed by atoms with E-state index in [1.807, 2.05) is 17.0 Å². The van der Waals surface area contributed by atoms with Gasteiger partial charge in [0.2, 0.25) is 5.91 Å². The van der Waals surface area contributed by atoms with E-state index in [1.54, 1.807) is 13.2 Å². The van der Waals surface area contributed by atoms with Crippen LogP contribution in [-0.4, -0.2) is 57.6 Å². The fraction of sp³-hybridized carbons (Fsp3) is 0.720. The molecule has 0 aromatic heterocycles. The fourth-order valence-corrected chi connectivity index (χ4v) is 5.70. The highest BCUT2D eigenvalue weighted by molar-refractivity contribution is 5.77. The molecule has 178 valence electrons. The summed E-state index contributed by atoms with van der Waals surface area (Å²) in [4.78, 5) is 14.7. The average molecular weight is 449 g/mol. The van der Waals surface area contributed by atoms with Crippen molar-refractivity contribution in [1.82, 2.24) is 5.32 Å². The summed E-state index contributed by atoms with van der Waals surface area (Å²) in [6, 6.07) is 5.47. The number of anilines is 1. The molecule has 1 aliphatic carbocycles. The number of amides is 1. The first kappa shape index (κ1) is 23.5. The van der Waals surface area contributed by atoms with Gasteiger partial charge < -0.3 is 24.4 Å². The average Bonchev–Trinajstić information content (AvgIpc) is 2.77. The van der Waals surface area contributed by atoms with Gasteiger partial charge in [0.25, 0.3) is 0 Å². The second-order valence-electron chi connectivity index (χ2n) is 9.91. The van der Waals surface area contributed by atoms with Crippen LogP contribution in [0, 0.1) is 17.7 Å². The molecule has 2 saturated heterocycles. The molecule has 1 saturated carbocycles. The van der Waals surface area contributed by atoms with E-state index in [0.717, 1.165) is 24.8 Å². The maximum absolute atomic E-state index is 15.1. The third-order valence-electron chi connectivity index (χ3n) is 7.47. The summed E-state index contributed by atoms with van der Waals surface area (Å²) in [6.45, 7) is 7.44. The summed E-state index contributed by atoms with van der Waals surface area (Å²) in [7, 11) is 1.60. The summed E-state index contributed by atoms with van der Waals surface area (Å²) in [6.07, 6.45) is 3.94. The number of rotatable bonds is 6.